The number of rotatable bonds is 9. The van der Waals surface area contributed by atoms with E-state index in [2.05, 4.69) is 9.47 Å². The van der Waals surface area contributed by atoms with Crippen molar-refractivity contribution in [2.75, 3.05) is 6.61 Å². The fraction of sp³-hybridized carbons (Fsp3) is 0.464. The highest BCUT2D eigenvalue weighted by atomic mass is 19.3. The fourth-order valence-electron chi connectivity index (χ4n) is 5.09. The molecule has 1 aromatic heterocycles. The zero-order chi connectivity index (χ0) is 26.8. The van der Waals surface area contributed by atoms with Gasteiger partial charge in [-0.2, -0.15) is 0 Å². The van der Waals surface area contributed by atoms with Crippen LogP contribution in [0.4, 0.5) is 13.2 Å². The Morgan fingerprint density at radius 2 is 1.84 bits per heavy atom. The Balaban J connectivity index is 1.46. The van der Waals surface area contributed by atoms with E-state index in [1.807, 2.05) is 31.4 Å². The Labute approximate surface area is 212 Å². The lowest BCUT2D eigenvalue weighted by molar-refractivity contribution is -0.286. The predicted molar refractivity (Wildman–Crippen MR) is 131 cm³/mol. The first kappa shape index (κ1) is 25.6. The number of ketones is 1. The summed E-state index contributed by atoms with van der Waals surface area (Å²) in [7, 11) is 0. The van der Waals surface area contributed by atoms with E-state index < -0.39 is 29.0 Å². The van der Waals surface area contributed by atoms with Crippen LogP contribution in [0.5, 0.6) is 11.5 Å². The van der Waals surface area contributed by atoms with Gasteiger partial charge in [-0.25, -0.2) is 4.39 Å². The highest BCUT2D eigenvalue weighted by Crippen LogP contribution is 2.52. The molecule has 0 radical (unpaired) electrons. The maximum atomic E-state index is 15.3. The van der Waals surface area contributed by atoms with Crippen LogP contribution >= 0.6 is 0 Å². The van der Waals surface area contributed by atoms with Crippen molar-refractivity contribution in [1.29, 1.82) is 0 Å². The van der Waals surface area contributed by atoms with Crippen molar-refractivity contribution in [1.82, 2.24) is 4.57 Å². The first-order valence-corrected chi connectivity index (χ1v) is 12.4. The van der Waals surface area contributed by atoms with Crippen molar-refractivity contribution in [2.24, 2.45) is 0 Å². The molecule has 1 atom stereocenters. The monoisotopic (exact) mass is 517 g/mol. The molecule has 1 saturated carbocycles. The number of hydrogen-bond donors (Lipinski definition) is 2. The van der Waals surface area contributed by atoms with Gasteiger partial charge in [0.1, 0.15) is 11.6 Å². The summed E-state index contributed by atoms with van der Waals surface area (Å²) < 4.78 is 53.0. The number of benzene rings is 2. The van der Waals surface area contributed by atoms with E-state index in [9.17, 15) is 23.8 Å². The molecule has 2 heterocycles. The van der Waals surface area contributed by atoms with Gasteiger partial charge in [0.2, 0.25) is 0 Å². The topological polar surface area (TPSA) is 80.9 Å². The Hall–Kier alpha value is -3.04. The number of aromatic nitrogens is 1. The molecule has 2 aromatic carbocycles. The van der Waals surface area contributed by atoms with Crippen molar-refractivity contribution in [3.8, 4) is 11.5 Å². The summed E-state index contributed by atoms with van der Waals surface area (Å²) in [5.41, 5.74) is 0.613. The van der Waals surface area contributed by atoms with Crippen LogP contribution < -0.4 is 9.47 Å². The SMILES string of the molecule is CC[C@H](O)Cn1c(C(C)(C)CO)cc2cc(CC(=O)C3(c4ccc5c(c4)OC(F)(F)O5)CC3)c(F)cc21. The Bertz CT molecular complexity index is 1380. The van der Waals surface area contributed by atoms with Gasteiger partial charge in [-0.3, -0.25) is 4.79 Å². The predicted octanol–water partition coefficient (Wildman–Crippen LogP) is 4.99. The van der Waals surface area contributed by atoms with E-state index in [0.717, 1.165) is 5.69 Å². The van der Waals surface area contributed by atoms with E-state index in [4.69, 9.17) is 0 Å². The second-order valence-electron chi connectivity index (χ2n) is 10.8. The summed E-state index contributed by atoms with van der Waals surface area (Å²) in [6.45, 7) is 5.72. The summed E-state index contributed by atoms with van der Waals surface area (Å²) in [6.07, 6.45) is -2.95. The zero-order valence-electron chi connectivity index (χ0n) is 21.0. The van der Waals surface area contributed by atoms with Gasteiger partial charge in [-0.15, -0.1) is 8.78 Å². The number of aliphatic hydroxyl groups excluding tert-OH is 2. The van der Waals surface area contributed by atoms with E-state index >= 15 is 4.39 Å². The van der Waals surface area contributed by atoms with E-state index in [1.165, 1.54) is 18.2 Å². The number of fused-ring (bicyclic) bond motifs is 2. The van der Waals surface area contributed by atoms with Gasteiger partial charge in [0, 0.05) is 29.5 Å². The summed E-state index contributed by atoms with van der Waals surface area (Å²) in [6, 6.07) is 9.24. The summed E-state index contributed by atoms with van der Waals surface area (Å²) in [5, 5.41) is 21.0. The summed E-state index contributed by atoms with van der Waals surface area (Å²) in [5.74, 6) is -0.953. The maximum Gasteiger partial charge on any atom is 0.586 e. The van der Waals surface area contributed by atoms with E-state index in [-0.39, 0.29) is 42.4 Å². The summed E-state index contributed by atoms with van der Waals surface area (Å²) in [4.78, 5) is 13.4. The van der Waals surface area contributed by atoms with Gasteiger partial charge in [0.25, 0.3) is 0 Å². The van der Waals surface area contributed by atoms with Crippen LogP contribution in [0.1, 0.15) is 56.9 Å². The highest BCUT2D eigenvalue weighted by Gasteiger charge is 2.52. The fourth-order valence-corrected chi connectivity index (χ4v) is 5.09. The number of halogens is 3. The summed E-state index contributed by atoms with van der Waals surface area (Å²) >= 11 is 0. The minimum Gasteiger partial charge on any atom is -0.395 e. The molecule has 9 heteroatoms. The number of carbonyl (C=O) groups excluding carboxylic acids is 1. The quantitative estimate of drug-likeness (QED) is 0.418. The Morgan fingerprint density at radius 3 is 2.49 bits per heavy atom. The number of hydrogen-bond acceptors (Lipinski definition) is 5. The van der Waals surface area contributed by atoms with Crippen LogP contribution in [-0.2, 0) is 28.6 Å². The average Bonchev–Trinajstić information content (AvgIpc) is 3.50. The number of aliphatic hydroxyl groups is 2. The lowest BCUT2D eigenvalue weighted by Gasteiger charge is -2.25. The third-order valence-electron chi connectivity index (χ3n) is 7.61. The molecule has 1 aliphatic heterocycles. The third-order valence-corrected chi connectivity index (χ3v) is 7.61. The smallest absolute Gasteiger partial charge is 0.395 e. The molecule has 37 heavy (non-hydrogen) atoms. The molecule has 3 aromatic rings. The average molecular weight is 518 g/mol. The number of carbonyl (C=O) groups is 1. The Morgan fingerprint density at radius 1 is 1.14 bits per heavy atom. The molecular formula is C28H30F3NO5. The molecule has 0 unspecified atom stereocenters. The van der Waals surface area contributed by atoms with E-state index in [0.29, 0.717) is 35.7 Å². The number of Topliss-reactive ketones (excluding diaryl/α,β-unsaturated/α-hetero) is 1. The first-order chi connectivity index (χ1) is 17.4. The molecule has 2 aliphatic rings. The molecular weight excluding hydrogens is 487 g/mol. The maximum absolute atomic E-state index is 15.3. The third kappa shape index (κ3) is 4.48. The van der Waals surface area contributed by atoms with Gasteiger partial charge in [-0.05, 0) is 60.7 Å². The van der Waals surface area contributed by atoms with Crippen molar-refractivity contribution in [2.45, 2.75) is 76.2 Å². The lowest BCUT2D eigenvalue weighted by atomic mass is 9.87. The highest BCUT2D eigenvalue weighted by molar-refractivity contribution is 5.95. The molecule has 6 nitrogen and oxygen atoms in total. The molecule has 0 saturated heterocycles. The lowest BCUT2D eigenvalue weighted by Crippen LogP contribution is -2.28. The molecule has 1 aliphatic carbocycles. The van der Waals surface area contributed by atoms with Gasteiger partial charge >= 0.3 is 6.29 Å². The van der Waals surface area contributed by atoms with Crippen LogP contribution in [0.3, 0.4) is 0 Å². The normalized spacial score (nSPS) is 18.3. The number of alkyl halides is 2. The van der Waals surface area contributed by atoms with Crippen LogP contribution in [0.25, 0.3) is 10.9 Å². The second kappa shape index (κ2) is 8.77. The minimum atomic E-state index is -3.74. The molecule has 0 bridgehead atoms. The second-order valence-corrected chi connectivity index (χ2v) is 10.8. The van der Waals surface area contributed by atoms with Crippen LogP contribution in [0.2, 0.25) is 0 Å². The van der Waals surface area contributed by atoms with E-state index in [1.54, 1.807) is 12.1 Å². The Kier molecular flexibility index (Phi) is 6.07. The van der Waals surface area contributed by atoms with Gasteiger partial charge in [-0.1, -0.05) is 26.8 Å². The minimum absolute atomic E-state index is 0.0900. The number of nitrogens with zero attached hydrogens (tertiary/aromatic N) is 1. The molecule has 1 fully saturated rings. The van der Waals surface area contributed by atoms with Crippen LogP contribution in [0, 0.1) is 5.82 Å². The van der Waals surface area contributed by atoms with Crippen molar-refractivity contribution in [3.05, 3.63) is 59.0 Å². The number of ether oxygens (including phenoxy) is 2. The standard InChI is InChI=1S/C28H30F3NO5/c1-4-19(34)14-32-21-13-20(29)16(9-17(21)10-24(32)26(2,3)15-33)11-25(35)27(7-8-27)18-5-6-22-23(12-18)37-28(30,31)36-22/h5-6,9-10,12-13,19,33-34H,4,7-8,11,14-15H2,1-3H3/t19-/m0/s1. The molecule has 0 spiro atoms. The molecule has 5 rings (SSSR count). The largest absolute Gasteiger partial charge is 0.586 e. The molecule has 198 valence electrons. The molecule has 0 amide bonds. The van der Waals surface area contributed by atoms with Crippen molar-refractivity contribution < 1.29 is 37.7 Å². The van der Waals surface area contributed by atoms with Crippen molar-refractivity contribution >= 4 is 16.7 Å². The van der Waals surface area contributed by atoms with Gasteiger partial charge in [0.05, 0.1) is 23.6 Å². The van der Waals surface area contributed by atoms with Gasteiger partial charge in [0.15, 0.2) is 11.5 Å². The van der Waals surface area contributed by atoms with Gasteiger partial charge < -0.3 is 24.3 Å². The first-order valence-electron chi connectivity index (χ1n) is 12.4. The van der Waals surface area contributed by atoms with Crippen LogP contribution in [0.15, 0.2) is 36.4 Å². The van der Waals surface area contributed by atoms with Crippen molar-refractivity contribution in [3.63, 3.8) is 0 Å². The van der Waals surface area contributed by atoms with Crippen LogP contribution in [-0.4, -0.2) is 39.6 Å². The molecule has 2 N–H and O–H groups in total. The zero-order valence-corrected chi connectivity index (χ0v) is 21.0.